The van der Waals surface area contributed by atoms with Crippen molar-refractivity contribution in [2.75, 3.05) is 14.2 Å². The summed E-state index contributed by atoms with van der Waals surface area (Å²) in [5, 5.41) is 15.1. The van der Waals surface area contributed by atoms with Crippen LogP contribution in [0, 0.1) is 12.8 Å². The quantitative estimate of drug-likeness (QED) is 0.264. The van der Waals surface area contributed by atoms with Gasteiger partial charge in [-0.1, -0.05) is 31.5 Å². The van der Waals surface area contributed by atoms with Crippen LogP contribution in [0.3, 0.4) is 0 Å². The van der Waals surface area contributed by atoms with Gasteiger partial charge in [0.1, 0.15) is 18.1 Å². The van der Waals surface area contributed by atoms with Crippen molar-refractivity contribution in [2.45, 2.75) is 63.2 Å². The molecule has 0 spiro atoms. The van der Waals surface area contributed by atoms with Crippen molar-refractivity contribution < 1.29 is 42.2 Å². The smallest absolute Gasteiger partial charge is 0.328 e. The van der Waals surface area contributed by atoms with Crippen molar-refractivity contribution in [3.63, 3.8) is 0 Å². The van der Waals surface area contributed by atoms with Crippen LogP contribution in [0.5, 0.6) is 0 Å². The molecule has 0 heterocycles. The zero-order valence-corrected chi connectivity index (χ0v) is 21.3. The van der Waals surface area contributed by atoms with Gasteiger partial charge in [0.2, 0.25) is 15.9 Å². The van der Waals surface area contributed by atoms with Crippen molar-refractivity contribution in [3.8, 4) is 0 Å². The molecule has 2 amide bonds. The van der Waals surface area contributed by atoms with Gasteiger partial charge in [0, 0.05) is 0 Å². The molecule has 4 atom stereocenters. The fourth-order valence-corrected chi connectivity index (χ4v) is 4.19. The summed E-state index contributed by atoms with van der Waals surface area (Å²) in [4.78, 5) is 49.2. The first-order chi connectivity index (χ1) is 16.2. The number of carbonyl (C=O) groups excluding carboxylic acids is 4. The van der Waals surface area contributed by atoms with Gasteiger partial charge in [-0.15, -0.1) is 0 Å². The fourth-order valence-electron chi connectivity index (χ4n) is 2.99. The first-order valence-corrected chi connectivity index (χ1v) is 12.2. The van der Waals surface area contributed by atoms with E-state index in [1.165, 1.54) is 31.2 Å². The Morgan fingerprint density at radius 3 is 1.94 bits per heavy atom. The van der Waals surface area contributed by atoms with E-state index in [2.05, 4.69) is 20.1 Å². The summed E-state index contributed by atoms with van der Waals surface area (Å²) < 4.78 is 37.0. The van der Waals surface area contributed by atoms with E-state index in [0.717, 1.165) is 19.8 Å². The molecule has 0 aliphatic carbocycles. The lowest BCUT2D eigenvalue weighted by Crippen LogP contribution is -2.60. The topological polar surface area (TPSA) is 177 Å². The number of benzene rings is 1. The van der Waals surface area contributed by atoms with Crippen LogP contribution in [0.2, 0.25) is 0 Å². The second kappa shape index (κ2) is 13.2. The maximum atomic E-state index is 13.1. The first-order valence-electron chi connectivity index (χ1n) is 10.8. The van der Waals surface area contributed by atoms with Gasteiger partial charge in [0.15, 0.2) is 6.10 Å². The third-order valence-corrected chi connectivity index (χ3v) is 6.36. The largest absolute Gasteiger partial charge is 0.467 e. The van der Waals surface area contributed by atoms with Crippen molar-refractivity contribution in [3.05, 3.63) is 29.8 Å². The summed E-state index contributed by atoms with van der Waals surface area (Å²) in [5.41, 5.74) is 0.782. The fraction of sp³-hybridized carbons (Fsp3) is 0.545. The zero-order chi connectivity index (χ0) is 26.9. The van der Waals surface area contributed by atoms with Crippen molar-refractivity contribution >= 4 is 33.8 Å². The highest BCUT2D eigenvalue weighted by Gasteiger charge is 2.38. The molecular weight excluding hydrogens is 482 g/mol. The summed E-state index contributed by atoms with van der Waals surface area (Å²) in [6.45, 7) is 6.60. The van der Waals surface area contributed by atoms with Crippen LogP contribution in [-0.2, 0) is 38.7 Å². The summed E-state index contributed by atoms with van der Waals surface area (Å²) in [5.74, 6) is -4.03. The Hall–Kier alpha value is -3.03. The minimum Gasteiger partial charge on any atom is -0.467 e. The highest BCUT2D eigenvalue weighted by Crippen LogP contribution is 2.13. The second-order valence-electron chi connectivity index (χ2n) is 8.32. The molecule has 4 N–H and O–H groups in total. The number of ether oxygens (including phenoxy) is 2. The molecular formula is C22H33N3O9S. The summed E-state index contributed by atoms with van der Waals surface area (Å²) >= 11 is 0. The monoisotopic (exact) mass is 515 g/mol. The maximum absolute atomic E-state index is 13.1. The molecule has 0 aromatic heterocycles. The Kier molecular flexibility index (Phi) is 11.3. The van der Waals surface area contributed by atoms with Crippen LogP contribution in [0.4, 0.5) is 0 Å². The molecule has 35 heavy (non-hydrogen) atoms. The predicted octanol–water partition coefficient (Wildman–Crippen LogP) is -0.616. The van der Waals surface area contributed by atoms with Gasteiger partial charge in [-0.25, -0.2) is 18.0 Å². The van der Waals surface area contributed by atoms with Gasteiger partial charge in [-0.3, -0.25) is 9.59 Å². The van der Waals surface area contributed by atoms with Crippen LogP contribution in [0.1, 0.15) is 32.8 Å². The molecule has 12 nitrogen and oxygen atoms in total. The van der Waals surface area contributed by atoms with E-state index in [9.17, 15) is 32.7 Å². The Bertz CT molecular complexity index is 1010. The molecule has 1 aromatic rings. The molecule has 0 saturated heterocycles. The number of nitrogens with one attached hydrogen (secondary N) is 3. The predicted molar refractivity (Wildman–Crippen MR) is 124 cm³/mol. The van der Waals surface area contributed by atoms with Gasteiger partial charge in [-0.05, 0) is 38.3 Å². The molecule has 0 unspecified atom stereocenters. The number of sulfonamides is 1. The normalized spacial score (nSPS) is 14.9. The standard InChI is InChI=1S/C22H33N3O9S/c1-12(2)11-16(22(30)34-6)24-19(27)17(18(26)20(28)23-14(4)21(29)33-5)25-35(31,32)15-9-7-13(3)8-10-15/h7-10,12,14,16-18,25-26H,11H2,1-6H3,(H,23,28)(H,24,27)/t14-,16-,17-,18-/m0/s1. The molecule has 0 fully saturated rings. The number of aliphatic hydroxyl groups is 1. The number of carbonyl (C=O) groups is 4. The van der Waals surface area contributed by atoms with Crippen LogP contribution in [0.15, 0.2) is 29.2 Å². The number of aliphatic hydroxyl groups excluding tert-OH is 1. The summed E-state index contributed by atoms with van der Waals surface area (Å²) in [6.07, 6.45) is -2.11. The lowest BCUT2D eigenvalue weighted by Gasteiger charge is -2.26. The highest BCUT2D eigenvalue weighted by atomic mass is 32.2. The van der Waals surface area contributed by atoms with Crippen molar-refractivity contribution in [2.24, 2.45) is 5.92 Å². The third-order valence-electron chi connectivity index (χ3n) is 4.90. The average molecular weight is 516 g/mol. The highest BCUT2D eigenvalue weighted by molar-refractivity contribution is 7.89. The number of amides is 2. The Morgan fingerprint density at radius 2 is 1.46 bits per heavy atom. The molecule has 0 radical (unpaired) electrons. The van der Waals surface area contributed by atoms with Crippen LogP contribution in [-0.4, -0.2) is 75.7 Å². The summed E-state index contributed by atoms with van der Waals surface area (Å²) in [7, 11) is -2.18. The number of hydrogen-bond acceptors (Lipinski definition) is 9. The minimum absolute atomic E-state index is 0.0590. The molecule has 196 valence electrons. The van der Waals surface area contributed by atoms with E-state index in [-0.39, 0.29) is 17.2 Å². The van der Waals surface area contributed by atoms with E-state index < -0.39 is 58.0 Å². The Balaban J connectivity index is 3.30. The van der Waals surface area contributed by atoms with Crippen LogP contribution >= 0.6 is 0 Å². The molecule has 0 aliphatic heterocycles. The third kappa shape index (κ3) is 8.92. The minimum atomic E-state index is -4.39. The van der Waals surface area contributed by atoms with E-state index in [1.54, 1.807) is 20.8 Å². The summed E-state index contributed by atoms with van der Waals surface area (Å²) in [6, 6.07) is 1.22. The van der Waals surface area contributed by atoms with Gasteiger partial charge < -0.3 is 25.2 Å². The van der Waals surface area contributed by atoms with Gasteiger partial charge in [0.05, 0.1) is 19.1 Å². The van der Waals surface area contributed by atoms with Gasteiger partial charge in [0.25, 0.3) is 5.91 Å². The van der Waals surface area contributed by atoms with Crippen molar-refractivity contribution in [1.82, 2.24) is 15.4 Å². The van der Waals surface area contributed by atoms with Crippen LogP contribution < -0.4 is 15.4 Å². The van der Waals surface area contributed by atoms with Gasteiger partial charge >= 0.3 is 11.9 Å². The first kappa shape index (κ1) is 30.0. The number of aryl methyl sites for hydroxylation is 1. The van der Waals surface area contributed by atoms with Gasteiger partial charge in [-0.2, -0.15) is 4.72 Å². The molecule has 13 heteroatoms. The molecule has 1 aromatic carbocycles. The number of rotatable bonds is 12. The Morgan fingerprint density at radius 1 is 0.914 bits per heavy atom. The lowest BCUT2D eigenvalue weighted by molar-refractivity contribution is -0.148. The van der Waals surface area contributed by atoms with E-state index >= 15 is 0 Å². The van der Waals surface area contributed by atoms with Crippen molar-refractivity contribution in [1.29, 1.82) is 0 Å². The average Bonchev–Trinajstić information content (AvgIpc) is 2.80. The van der Waals surface area contributed by atoms with E-state index in [1.807, 2.05) is 4.72 Å². The molecule has 0 bridgehead atoms. The Labute approximate surface area is 204 Å². The zero-order valence-electron chi connectivity index (χ0n) is 20.5. The molecule has 0 aliphatic rings. The number of esters is 2. The molecule has 0 saturated carbocycles. The number of methoxy groups -OCH3 is 2. The van der Waals surface area contributed by atoms with Crippen LogP contribution in [0.25, 0.3) is 0 Å². The van der Waals surface area contributed by atoms with E-state index in [4.69, 9.17) is 0 Å². The van der Waals surface area contributed by atoms with E-state index in [0.29, 0.717) is 0 Å². The molecule has 1 rings (SSSR count). The number of hydrogen-bond donors (Lipinski definition) is 4. The lowest BCUT2D eigenvalue weighted by atomic mass is 10.0. The maximum Gasteiger partial charge on any atom is 0.328 e. The second-order valence-corrected chi connectivity index (χ2v) is 10.0. The SMILES string of the molecule is COC(=O)[C@H](C)NC(=O)[C@@H](O)[C@H](NS(=O)(=O)c1ccc(C)cc1)C(=O)N[C@@H](CC(C)C)C(=O)OC.